The van der Waals surface area contributed by atoms with Crippen molar-refractivity contribution in [3.63, 3.8) is 0 Å². The summed E-state index contributed by atoms with van der Waals surface area (Å²) in [5.74, 6) is -2.17. The summed E-state index contributed by atoms with van der Waals surface area (Å²) in [6.07, 6.45) is 0. The van der Waals surface area contributed by atoms with E-state index in [1.807, 2.05) is 6.07 Å². The number of anilines is 1. The van der Waals surface area contributed by atoms with Crippen LogP contribution in [0.25, 0.3) is 4.85 Å². The fraction of sp³-hybridized carbons (Fsp3) is 0. The number of benzene rings is 2. The Balaban J connectivity index is 0.00000264. The maximum absolute atomic E-state index is 12.2. The maximum atomic E-state index is 12.2. The Morgan fingerprint density at radius 1 is 1.13 bits per heavy atom. The number of nitriles is 1. The first-order valence-electron chi connectivity index (χ1n) is 6.09. The molecular weight excluding hydrogens is 305 g/mol. The van der Waals surface area contributed by atoms with Crippen LogP contribution >= 0.6 is 0 Å². The van der Waals surface area contributed by atoms with Crippen molar-refractivity contribution in [3.05, 3.63) is 70.6 Å². The van der Waals surface area contributed by atoms with Gasteiger partial charge in [-0.25, -0.2) is 4.85 Å². The molecule has 0 fully saturated rings. The van der Waals surface area contributed by atoms with Gasteiger partial charge in [-0.1, -0.05) is 12.1 Å². The fourth-order valence-electron chi connectivity index (χ4n) is 1.79. The average Bonchev–Trinajstić information content (AvgIpc) is 2.54. The first kappa shape index (κ1) is 18.4. The third-order valence-corrected chi connectivity index (χ3v) is 2.87. The van der Waals surface area contributed by atoms with Gasteiger partial charge in [0, 0.05) is 16.8 Å². The number of hydrogen-bond donors (Lipinski definition) is 1. The van der Waals surface area contributed by atoms with Gasteiger partial charge in [-0.3, -0.25) is 4.79 Å². The van der Waals surface area contributed by atoms with E-state index >= 15 is 0 Å². The molecule has 6 nitrogen and oxygen atoms in total. The van der Waals surface area contributed by atoms with Crippen molar-refractivity contribution in [3.8, 4) is 6.07 Å². The number of carboxylic acid groups (broad SMARTS) is 1. The van der Waals surface area contributed by atoms with E-state index in [4.69, 9.17) is 11.8 Å². The van der Waals surface area contributed by atoms with Crippen molar-refractivity contribution >= 4 is 23.3 Å². The van der Waals surface area contributed by atoms with Crippen molar-refractivity contribution in [1.29, 1.82) is 5.26 Å². The van der Waals surface area contributed by atoms with E-state index in [9.17, 15) is 14.7 Å². The van der Waals surface area contributed by atoms with E-state index in [0.717, 1.165) is 6.07 Å². The molecule has 0 heterocycles. The molecular formula is C16H8N3NaO3. The molecule has 0 aliphatic carbocycles. The normalized spacial score (nSPS) is 8.96. The number of rotatable bonds is 3. The number of carboxylic acids is 1. The molecule has 106 valence electrons. The Bertz CT molecular complexity index is 833. The Morgan fingerprint density at radius 3 is 2.30 bits per heavy atom. The third-order valence-electron chi connectivity index (χ3n) is 2.87. The Hall–Kier alpha value is -2.64. The molecule has 0 unspecified atom stereocenters. The molecule has 0 aliphatic rings. The summed E-state index contributed by atoms with van der Waals surface area (Å²) in [5, 5.41) is 22.3. The van der Waals surface area contributed by atoms with Gasteiger partial charge >= 0.3 is 29.6 Å². The van der Waals surface area contributed by atoms with Gasteiger partial charge in [0.05, 0.1) is 24.2 Å². The number of carbonyl (C=O) groups is 2. The van der Waals surface area contributed by atoms with E-state index < -0.39 is 11.9 Å². The van der Waals surface area contributed by atoms with Crippen LogP contribution in [0.1, 0.15) is 26.3 Å². The third kappa shape index (κ3) is 4.41. The molecule has 0 bridgehead atoms. The molecule has 1 amide bonds. The predicted molar refractivity (Wildman–Crippen MR) is 76.1 cm³/mol. The van der Waals surface area contributed by atoms with Gasteiger partial charge in [0.1, 0.15) is 0 Å². The fourth-order valence-corrected chi connectivity index (χ4v) is 1.79. The summed E-state index contributed by atoms with van der Waals surface area (Å²) in [6, 6.07) is 11.7. The standard InChI is InChI=1S/C16H9N3O3.Na/c1-18-12-6-7-13(16(21)22)14(8-12)15(20)19-11-4-2-10(9-17)3-5-11;/h2-8H,(H,19,20)(H,21,22);/q;+1/p-1. The van der Waals surface area contributed by atoms with Gasteiger partial charge in [-0.2, -0.15) is 5.26 Å². The van der Waals surface area contributed by atoms with Crippen LogP contribution in [0.5, 0.6) is 0 Å². The molecule has 0 aliphatic heterocycles. The molecule has 7 heteroatoms. The van der Waals surface area contributed by atoms with E-state index in [-0.39, 0.29) is 46.4 Å². The monoisotopic (exact) mass is 313 g/mol. The molecule has 2 aromatic carbocycles. The van der Waals surface area contributed by atoms with E-state index in [1.54, 1.807) is 0 Å². The number of carbonyl (C=O) groups excluding carboxylic acids is 2. The molecule has 2 aromatic rings. The molecule has 0 saturated carbocycles. The maximum Gasteiger partial charge on any atom is 1.00 e. The minimum Gasteiger partial charge on any atom is -0.545 e. The minimum absolute atomic E-state index is 0. The van der Waals surface area contributed by atoms with Crippen LogP contribution in [0.15, 0.2) is 42.5 Å². The molecule has 0 radical (unpaired) electrons. The second-order valence-corrected chi connectivity index (χ2v) is 4.27. The zero-order chi connectivity index (χ0) is 16.1. The minimum atomic E-state index is -1.50. The van der Waals surface area contributed by atoms with Crippen LogP contribution in [0, 0.1) is 17.9 Å². The second-order valence-electron chi connectivity index (χ2n) is 4.27. The van der Waals surface area contributed by atoms with Gasteiger partial charge < -0.3 is 15.2 Å². The van der Waals surface area contributed by atoms with E-state index in [2.05, 4.69) is 10.2 Å². The molecule has 0 saturated heterocycles. The zero-order valence-corrected chi connectivity index (χ0v) is 14.2. The van der Waals surface area contributed by atoms with Crippen LogP contribution in [-0.2, 0) is 0 Å². The van der Waals surface area contributed by atoms with E-state index in [0.29, 0.717) is 11.3 Å². The predicted octanol–water partition coefficient (Wildman–Crippen LogP) is -1.27. The van der Waals surface area contributed by atoms with Gasteiger partial charge in [-0.15, -0.1) is 0 Å². The molecule has 1 N–H and O–H groups in total. The van der Waals surface area contributed by atoms with Gasteiger partial charge in [-0.05, 0) is 30.3 Å². The number of hydrogen-bond acceptors (Lipinski definition) is 4. The summed E-state index contributed by atoms with van der Waals surface area (Å²) in [4.78, 5) is 26.4. The Labute approximate surface area is 154 Å². The first-order chi connectivity index (χ1) is 10.5. The van der Waals surface area contributed by atoms with Gasteiger partial charge in [0.2, 0.25) is 0 Å². The largest absolute Gasteiger partial charge is 1.00 e. The van der Waals surface area contributed by atoms with E-state index in [1.165, 1.54) is 36.4 Å². The molecule has 0 spiro atoms. The van der Waals surface area contributed by atoms with Crippen LogP contribution in [0.2, 0.25) is 0 Å². The van der Waals surface area contributed by atoms with Crippen molar-refractivity contribution in [2.24, 2.45) is 0 Å². The molecule has 0 atom stereocenters. The Morgan fingerprint density at radius 2 is 1.78 bits per heavy atom. The summed E-state index contributed by atoms with van der Waals surface area (Å²) in [7, 11) is 0. The average molecular weight is 313 g/mol. The number of nitrogens with one attached hydrogen (secondary N) is 1. The van der Waals surface area contributed by atoms with Crippen LogP contribution in [-0.4, -0.2) is 11.9 Å². The topological polar surface area (TPSA) is 97.4 Å². The SMILES string of the molecule is [C-]#[N+]c1ccc(C(=O)[O-])c(C(=O)Nc2ccc(C#N)cc2)c1.[Na+]. The number of amides is 1. The van der Waals surface area contributed by atoms with Crippen molar-refractivity contribution in [2.45, 2.75) is 0 Å². The smallest absolute Gasteiger partial charge is 0.545 e. The van der Waals surface area contributed by atoms with Crippen LogP contribution < -0.4 is 40.0 Å². The molecule has 23 heavy (non-hydrogen) atoms. The van der Waals surface area contributed by atoms with Crippen LogP contribution in [0.4, 0.5) is 11.4 Å². The Kier molecular flexibility index (Phi) is 6.49. The second kappa shape index (κ2) is 8.11. The summed E-state index contributed by atoms with van der Waals surface area (Å²) >= 11 is 0. The zero-order valence-electron chi connectivity index (χ0n) is 12.2. The van der Waals surface area contributed by atoms with Gasteiger partial charge in [0.25, 0.3) is 5.91 Å². The number of aromatic carboxylic acids is 1. The summed E-state index contributed by atoms with van der Waals surface area (Å²) in [6.45, 7) is 6.92. The number of nitrogens with zero attached hydrogens (tertiary/aromatic N) is 2. The first-order valence-corrected chi connectivity index (χ1v) is 6.09. The summed E-state index contributed by atoms with van der Waals surface area (Å²) in [5.41, 5.74) is 0.538. The molecule has 0 aromatic heterocycles. The van der Waals surface area contributed by atoms with Gasteiger partial charge in [0.15, 0.2) is 5.69 Å². The molecule has 2 rings (SSSR count). The van der Waals surface area contributed by atoms with Crippen molar-refractivity contribution < 1.29 is 44.3 Å². The quantitative estimate of drug-likeness (QED) is 0.564. The van der Waals surface area contributed by atoms with Crippen LogP contribution in [0.3, 0.4) is 0 Å². The van der Waals surface area contributed by atoms with Crippen molar-refractivity contribution in [2.75, 3.05) is 5.32 Å². The summed E-state index contributed by atoms with van der Waals surface area (Å²) < 4.78 is 0. The van der Waals surface area contributed by atoms with Crippen molar-refractivity contribution in [1.82, 2.24) is 0 Å².